The van der Waals surface area contributed by atoms with E-state index in [0.29, 0.717) is 13.0 Å². The van der Waals surface area contributed by atoms with Gasteiger partial charge >= 0.3 is 5.97 Å². The summed E-state index contributed by atoms with van der Waals surface area (Å²) in [6.07, 6.45) is 0.399. The Labute approximate surface area is 130 Å². The molecule has 4 nitrogen and oxygen atoms in total. The first-order chi connectivity index (χ1) is 10.5. The van der Waals surface area contributed by atoms with Crippen molar-refractivity contribution in [1.82, 2.24) is 0 Å². The third-order valence-corrected chi connectivity index (χ3v) is 3.46. The Morgan fingerprint density at radius 2 is 1.77 bits per heavy atom. The summed E-state index contributed by atoms with van der Waals surface area (Å²) in [5, 5.41) is 12.7. The number of nitrogens with one attached hydrogen (secondary N) is 1. The minimum absolute atomic E-state index is 0.399. The van der Waals surface area contributed by atoms with E-state index in [0.717, 1.165) is 17.0 Å². The van der Waals surface area contributed by atoms with E-state index < -0.39 is 11.5 Å². The maximum atomic E-state index is 11.7. The quantitative estimate of drug-likeness (QED) is 0.820. The van der Waals surface area contributed by atoms with Crippen molar-refractivity contribution in [2.24, 2.45) is 0 Å². The minimum Gasteiger partial charge on any atom is -0.494 e. The van der Waals surface area contributed by atoms with Gasteiger partial charge in [0.05, 0.1) is 6.61 Å². The third kappa shape index (κ3) is 4.01. The maximum Gasteiger partial charge on any atom is 0.329 e. The molecule has 0 aliphatic carbocycles. The molecule has 116 valence electrons. The van der Waals surface area contributed by atoms with Gasteiger partial charge in [0.25, 0.3) is 0 Å². The number of rotatable bonds is 7. The first-order valence-corrected chi connectivity index (χ1v) is 7.32. The lowest BCUT2D eigenvalue weighted by atomic mass is 9.92. The fraction of sp³-hybridized carbons (Fsp3) is 0.278. The maximum absolute atomic E-state index is 11.7. The van der Waals surface area contributed by atoms with E-state index in [-0.39, 0.29) is 0 Å². The minimum atomic E-state index is -1.07. The molecule has 0 spiro atoms. The van der Waals surface area contributed by atoms with Crippen LogP contribution in [0.4, 0.5) is 5.69 Å². The molecule has 0 aromatic heterocycles. The predicted octanol–water partition coefficient (Wildman–Crippen LogP) is 3.58. The Balaban J connectivity index is 2.15. The second kappa shape index (κ2) is 6.98. The molecule has 0 saturated heterocycles. The van der Waals surface area contributed by atoms with E-state index in [2.05, 4.69) is 5.32 Å². The number of aliphatic carboxylic acids is 1. The van der Waals surface area contributed by atoms with Gasteiger partial charge in [-0.15, -0.1) is 0 Å². The largest absolute Gasteiger partial charge is 0.494 e. The van der Waals surface area contributed by atoms with Crippen molar-refractivity contribution in [1.29, 1.82) is 0 Å². The molecule has 1 atom stereocenters. The van der Waals surface area contributed by atoms with Crippen LogP contribution in [-0.2, 0) is 11.2 Å². The molecule has 0 fully saturated rings. The zero-order chi connectivity index (χ0) is 16.0. The first kappa shape index (κ1) is 15.9. The molecule has 0 amide bonds. The Kier molecular flexibility index (Phi) is 5.04. The molecule has 0 saturated carbocycles. The summed E-state index contributed by atoms with van der Waals surface area (Å²) in [5.74, 6) is -0.113. The highest BCUT2D eigenvalue weighted by atomic mass is 16.5. The number of ether oxygens (including phenoxy) is 1. The van der Waals surface area contributed by atoms with Crippen molar-refractivity contribution in [3.63, 3.8) is 0 Å². The molecule has 2 rings (SSSR count). The second-order valence-corrected chi connectivity index (χ2v) is 5.38. The van der Waals surface area contributed by atoms with Crippen LogP contribution in [0, 0.1) is 0 Å². The Morgan fingerprint density at radius 1 is 1.14 bits per heavy atom. The zero-order valence-electron chi connectivity index (χ0n) is 12.9. The summed E-state index contributed by atoms with van der Waals surface area (Å²) in [7, 11) is 0. The molecule has 4 heteroatoms. The van der Waals surface area contributed by atoms with Gasteiger partial charge in [0.2, 0.25) is 0 Å². The van der Waals surface area contributed by atoms with E-state index in [9.17, 15) is 9.90 Å². The van der Waals surface area contributed by atoms with Crippen molar-refractivity contribution in [2.75, 3.05) is 11.9 Å². The SMILES string of the molecule is CCOc1ccc(NC(C)(Cc2ccccc2)C(=O)O)cc1. The van der Waals surface area contributed by atoms with Crippen LogP contribution >= 0.6 is 0 Å². The van der Waals surface area contributed by atoms with E-state index >= 15 is 0 Å². The summed E-state index contributed by atoms with van der Waals surface area (Å²) in [6.45, 7) is 4.22. The Bertz CT molecular complexity index is 610. The summed E-state index contributed by atoms with van der Waals surface area (Å²) < 4.78 is 5.39. The number of anilines is 1. The fourth-order valence-electron chi connectivity index (χ4n) is 2.30. The van der Waals surface area contributed by atoms with Gasteiger partial charge in [-0.05, 0) is 43.7 Å². The molecule has 2 aromatic carbocycles. The zero-order valence-corrected chi connectivity index (χ0v) is 12.9. The van der Waals surface area contributed by atoms with Crippen molar-refractivity contribution < 1.29 is 14.6 Å². The van der Waals surface area contributed by atoms with Crippen LogP contribution in [0.1, 0.15) is 19.4 Å². The average Bonchev–Trinajstić information content (AvgIpc) is 2.50. The number of hydrogen-bond donors (Lipinski definition) is 2. The molecular formula is C18H21NO3. The van der Waals surface area contributed by atoms with Crippen LogP contribution in [0.2, 0.25) is 0 Å². The van der Waals surface area contributed by atoms with E-state index in [4.69, 9.17) is 4.74 Å². The summed E-state index contributed by atoms with van der Waals surface area (Å²) in [5.41, 5.74) is 0.657. The molecule has 0 heterocycles. The molecular weight excluding hydrogens is 278 g/mol. The van der Waals surface area contributed by atoms with Gasteiger partial charge in [0.15, 0.2) is 0 Å². The molecule has 22 heavy (non-hydrogen) atoms. The predicted molar refractivity (Wildman–Crippen MR) is 87.4 cm³/mol. The van der Waals surface area contributed by atoms with Gasteiger partial charge in [0, 0.05) is 12.1 Å². The molecule has 2 aromatic rings. The lowest BCUT2D eigenvalue weighted by molar-refractivity contribution is -0.141. The van der Waals surface area contributed by atoms with Crippen LogP contribution in [0.25, 0.3) is 0 Å². The molecule has 0 aliphatic rings. The van der Waals surface area contributed by atoms with E-state index in [1.807, 2.05) is 61.5 Å². The molecule has 1 unspecified atom stereocenters. The summed E-state index contributed by atoms with van der Waals surface area (Å²) >= 11 is 0. The Hall–Kier alpha value is -2.49. The highest BCUT2D eigenvalue weighted by molar-refractivity contribution is 5.82. The number of carboxylic acid groups (broad SMARTS) is 1. The van der Waals surface area contributed by atoms with Gasteiger partial charge < -0.3 is 15.2 Å². The molecule has 2 N–H and O–H groups in total. The van der Waals surface area contributed by atoms with Crippen molar-refractivity contribution in [3.05, 3.63) is 60.2 Å². The standard InChI is InChI=1S/C18H21NO3/c1-3-22-16-11-9-15(10-12-16)19-18(2,17(20)21)13-14-7-5-4-6-8-14/h4-12,19H,3,13H2,1-2H3,(H,20,21). The lowest BCUT2D eigenvalue weighted by Crippen LogP contribution is -2.45. The van der Waals surface area contributed by atoms with Gasteiger partial charge in [0.1, 0.15) is 11.3 Å². The average molecular weight is 299 g/mol. The van der Waals surface area contributed by atoms with Crippen LogP contribution in [0.15, 0.2) is 54.6 Å². The third-order valence-electron chi connectivity index (χ3n) is 3.46. The number of carbonyl (C=O) groups is 1. The molecule has 0 aliphatic heterocycles. The van der Waals surface area contributed by atoms with Crippen molar-refractivity contribution >= 4 is 11.7 Å². The van der Waals surface area contributed by atoms with E-state index in [1.165, 1.54) is 0 Å². The van der Waals surface area contributed by atoms with Crippen molar-refractivity contribution in [3.8, 4) is 5.75 Å². The fourth-order valence-corrected chi connectivity index (χ4v) is 2.30. The smallest absolute Gasteiger partial charge is 0.329 e. The summed E-state index contributed by atoms with van der Waals surface area (Å²) in [4.78, 5) is 11.7. The van der Waals surface area contributed by atoms with Gasteiger partial charge in [-0.3, -0.25) is 0 Å². The topological polar surface area (TPSA) is 58.6 Å². The van der Waals surface area contributed by atoms with Crippen LogP contribution in [0.3, 0.4) is 0 Å². The van der Waals surface area contributed by atoms with E-state index in [1.54, 1.807) is 6.92 Å². The number of hydrogen-bond acceptors (Lipinski definition) is 3. The van der Waals surface area contributed by atoms with Crippen molar-refractivity contribution in [2.45, 2.75) is 25.8 Å². The molecule has 0 bridgehead atoms. The second-order valence-electron chi connectivity index (χ2n) is 5.38. The van der Waals surface area contributed by atoms with Gasteiger partial charge in [-0.25, -0.2) is 4.79 Å². The van der Waals surface area contributed by atoms with Crippen LogP contribution in [-0.4, -0.2) is 23.2 Å². The number of carboxylic acids is 1. The lowest BCUT2D eigenvalue weighted by Gasteiger charge is -2.27. The monoisotopic (exact) mass is 299 g/mol. The highest BCUT2D eigenvalue weighted by Crippen LogP contribution is 2.22. The van der Waals surface area contributed by atoms with Gasteiger partial charge in [-0.1, -0.05) is 30.3 Å². The first-order valence-electron chi connectivity index (χ1n) is 7.32. The normalized spacial score (nSPS) is 13.2. The highest BCUT2D eigenvalue weighted by Gasteiger charge is 2.33. The molecule has 0 radical (unpaired) electrons. The van der Waals surface area contributed by atoms with Crippen LogP contribution in [0.5, 0.6) is 5.75 Å². The Morgan fingerprint density at radius 3 is 2.32 bits per heavy atom. The number of benzene rings is 2. The summed E-state index contributed by atoms with van der Waals surface area (Å²) in [6, 6.07) is 16.9. The van der Waals surface area contributed by atoms with Gasteiger partial charge in [-0.2, -0.15) is 0 Å². The van der Waals surface area contributed by atoms with Crippen LogP contribution < -0.4 is 10.1 Å².